The van der Waals surface area contributed by atoms with Crippen molar-refractivity contribution < 1.29 is 9.90 Å². The predicted molar refractivity (Wildman–Crippen MR) is 110 cm³/mol. The highest BCUT2D eigenvalue weighted by atomic mass is 35.5. The highest BCUT2D eigenvalue weighted by Gasteiger charge is 2.18. The van der Waals surface area contributed by atoms with Gasteiger partial charge < -0.3 is 16.2 Å². The summed E-state index contributed by atoms with van der Waals surface area (Å²) >= 11 is 0. The lowest BCUT2D eigenvalue weighted by molar-refractivity contribution is 0.0790. The molecule has 3 rings (SSSR count). The lowest BCUT2D eigenvalue weighted by Gasteiger charge is -2.30. The Labute approximate surface area is 167 Å². The standard InChI is InChI=1S/C21H27N3O2.ClH/c22-13-16-5-7-17(8-6-16)21(26)23-14-18-3-1-2-4-19(18)15-24-11-9-20(25)10-12-24;/h1-8,20,25H,9-15,22H2,(H,23,26);1H. The molecule has 146 valence electrons. The molecule has 1 aliphatic heterocycles. The van der Waals surface area contributed by atoms with E-state index < -0.39 is 0 Å². The highest BCUT2D eigenvalue weighted by molar-refractivity contribution is 5.94. The van der Waals surface area contributed by atoms with Gasteiger partial charge in [-0.1, -0.05) is 36.4 Å². The molecule has 1 amide bonds. The number of piperidine rings is 1. The van der Waals surface area contributed by atoms with Gasteiger partial charge in [0.1, 0.15) is 0 Å². The fourth-order valence-corrected chi connectivity index (χ4v) is 3.27. The minimum Gasteiger partial charge on any atom is -0.393 e. The Morgan fingerprint density at radius 2 is 1.70 bits per heavy atom. The smallest absolute Gasteiger partial charge is 0.251 e. The molecule has 1 fully saturated rings. The van der Waals surface area contributed by atoms with Gasteiger partial charge in [0.25, 0.3) is 5.91 Å². The number of aliphatic hydroxyl groups excluding tert-OH is 1. The molecule has 1 saturated heterocycles. The number of rotatable bonds is 6. The molecule has 0 aromatic heterocycles. The molecule has 1 aliphatic rings. The van der Waals surface area contributed by atoms with Gasteiger partial charge in [-0.05, 0) is 41.7 Å². The number of hydrogen-bond acceptors (Lipinski definition) is 4. The molecular formula is C21H28ClN3O2. The molecule has 27 heavy (non-hydrogen) atoms. The van der Waals surface area contributed by atoms with Crippen LogP contribution >= 0.6 is 12.4 Å². The van der Waals surface area contributed by atoms with E-state index in [9.17, 15) is 9.90 Å². The fourth-order valence-electron chi connectivity index (χ4n) is 3.27. The van der Waals surface area contributed by atoms with Crippen molar-refractivity contribution in [3.63, 3.8) is 0 Å². The second kappa shape index (κ2) is 10.4. The summed E-state index contributed by atoms with van der Waals surface area (Å²) in [7, 11) is 0. The number of likely N-dealkylation sites (tertiary alicyclic amines) is 1. The Hall–Kier alpha value is -1.92. The van der Waals surface area contributed by atoms with E-state index in [1.54, 1.807) is 0 Å². The van der Waals surface area contributed by atoms with Crippen molar-refractivity contribution in [2.45, 2.75) is 38.6 Å². The van der Waals surface area contributed by atoms with Gasteiger partial charge in [0.05, 0.1) is 6.10 Å². The Balaban J connectivity index is 0.00000261. The summed E-state index contributed by atoms with van der Waals surface area (Å²) in [5.74, 6) is -0.0792. The molecule has 2 aromatic carbocycles. The van der Waals surface area contributed by atoms with E-state index in [1.807, 2.05) is 36.4 Å². The quantitative estimate of drug-likeness (QED) is 0.709. The first-order valence-electron chi connectivity index (χ1n) is 9.20. The average molecular weight is 390 g/mol. The monoisotopic (exact) mass is 389 g/mol. The molecule has 6 heteroatoms. The molecule has 0 aliphatic carbocycles. The van der Waals surface area contributed by atoms with E-state index in [-0.39, 0.29) is 24.4 Å². The van der Waals surface area contributed by atoms with Crippen molar-refractivity contribution >= 4 is 18.3 Å². The summed E-state index contributed by atoms with van der Waals surface area (Å²) in [5, 5.41) is 12.7. The molecule has 0 atom stereocenters. The zero-order valence-corrected chi connectivity index (χ0v) is 16.3. The number of halogens is 1. The lowest BCUT2D eigenvalue weighted by atomic mass is 10.0. The van der Waals surface area contributed by atoms with Gasteiger partial charge >= 0.3 is 0 Å². The number of nitrogens with one attached hydrogen (secondary N) is 1. The van der Waals surface area contributed by atoms with Gasteiger partial charge in [-0.25, -0.2) is 0 Å². The summed E-state index contributed by atoms with van der Waals surface area (Å²) < 4.78 is 0. The maximum Gasteiger partial charge on any atom is 0.251 e. The van der Waals surface area contributed by atoms with Crippen molar-refractivity contribution in [2.75, 3.05) is 13.1 Å². The summed E-state index contributed by atoms with van der Waals surface area (Å²) in [6, 6.07) is 15.6. The van der Waals surface area contributed by atoms with E-state index >= 15 is 0 Å². The number of benzene rings is 2. The Bertz CT molecular complexity index is 728. The van der Waals surface area contributed by atoms with Crippen LogP contribution in [0.3, 0.4) is 0 Å². The molecule has 4 N–H and O–H groups in total. The molecule has 2 aromatic rings. The number of nitrogens with two attached hydrogens (primary N) is 1. The van der Waals surface area contributed by atoms with Crippen molar-refractivity contribution in [2.24, 2.45) is 5.73 Å². The third kappa shape index (κ3) is 6.04. The Morgan fingerprint density at radius 1 is 1.07 bits per heavy atom. The SMILES string of the molecule is Cl.NCc1ccc(C(=O)NCc2ccccc2CN2CCC(O)CC2)cc1. The number of carbonyl (C=O) groups excluding carboxylic acids is 1. The summed E-state index contributed by atoms with van der Waals surface area (Å²) in [5.41, 5.74) is 9.60. The van der Waals surface area contributed by atoms with Gasteiger partial charge in [-0.15, -0.1) is 12.4 Å². The molecule has 0 saturated carbocycles. The molecule has 0 radical (unpaired) electrons. The first-order chi connectivity index (χ1) is 12.7. The molecule has 0 unspecified atom stereocenters. The molecular weight excluding hydrogens is 362 g/mol. The van der Waals surface area contributed by atoms with Crippen molar-refractivity contribution in [3.05, 3.63) is 70.8 Å². The molecule has 0 spiro atoms. The van der Waals surface area contributed by atoms with Crippen molar-refractivity contribution in [1.29, 1.82) is 0 Å². The largest absolute Gasteiger partial charge is 0.393 e. The van der Waals surface area contributed by atoms with Gasteiger partial charge in [0.15, 0.2) is 0 Å². The van der Waals surface area contributed by atoms with Gasteiger partial charge in [0.2, 0.25) is 0 Å². The normalized spacial score (nSPS) is 15.2. The van der Waals surface area contributed by atoms with E-state index in [0.29, 0.717) is 18.7 Å². The van der Waals surface area contributed by atoms with Crippen LogP contribution in [0.4, 0.5) is 0 Å². The van der Waals surface area contributed by atoms with E-state index in [0.717, 1.165) is 43.6 Å². The summed E-state index contributed by atoms with van der Waals surface area (Å²) in [6.07, 6.45) is 1.50. The first-order valence-corrected chi connectivity index (χ1v) is 9.20. The highest BCUT2D eigenvalue weighted by Crippen LogP contribution is 2.16. The average Bonchev–Trinajstić information content (AvgIpc) is 2.69. The Kier molecular flexibility index (Phi) is 8.25. The van der Waals surface area contributed by atoms with Crippen LogP contribution in [0.2, 0.25) is 0 Å². The topological polar surface area (TPSA) is 78.6 Å². The zero-order chi connectivity index (χ0) is 18.4. The van der Waals surface area contributed by atoms with Crippen molar-refractivity contribution in [1.82, 2.24) is 10.2 Å². The number of amides is 1. The number of nitrogens with zero attached hydrogens (tertiary/aromatic N) is 1. The second-order valence-electron chi connectivity index (χ2n) is 6.86. The van der Waals surface area contributed by atoms with Crippen LogP contribution < -0.4 is 11.1 Å². The van der Waals surface area contributed by atoms with Crippen LogP contribution in [0.5, 0.6) is 0 Å². The number of aliphatic hydroxyl groups is 1. The predicted octanol–water partition coefficient (Wildman–Crippen LogP) is 2.45. The third-order valence-electron chi connectivity index (χ3n) is 4.96. The third-order valence-corrected chi connectivity index (χ3v) is 4.96. The maximum atomic E-state index is 12.4. The van der Waals surface area contributed by atoms with E-state index in [1.165, 1.54) is 5.56 Å². The summed E-state index contributed by atoms with van der Waals surface area (Å²) in [4.78, 5) is 14.7. The van der Waals surface area contributed by atoms with Crippen LogP contribution in [0, 0.1) is 0 Å². The maximum absolute atomic E-state index is 12.4. The van der Waals surface area contributed by atoms with E-state index in [2.05, 4.69) is 22.3 Å². The molecule has 1 heterocycles. The first kappa shape index (κ1) is 21.4. The molecule has 0 bridgehead atoms. The second-order valence-corrected chi connectivity index (χ2v) is 6.86. The zero-order valence-electron chi connectivity index (χ0n) is 15.4. The van der Waals surface area contributed by atoms with E-state index in [4.69, 9.17) is 5.73 Å². The summed E-state index contributed by atoms with van der Waals surface area (Å²) in [6.45, 7) is 3.65. The molecule has 5 nitrogen and oxygen atoms in total. The minimum absolute atomic E-state index is 0. The van der Waals surface area contributed by atoms with Crippen LogP contribution in [0.1, 0.15) is 39.9 Å². The van der Waals surface area contributed by atoms with Crippen molar-refractivity contribution in [3.8, 4) is 0 Å². The van der Waals surface area contributed by atoms with Gasteiger partial charge in [0, 0.05) is 38.3 Å². The van der Waals surface area contributed by atoms with Crippen LogP contribution in [-0.2, 0) is 19.6 Å². The van der Waals surface area contributed by atoms with Crippen LogP contribution in [0.15, 0.2) is 48.5 Å². The number of carbonyl (C=O) groups is 1. The van der Waals surface area contributed by atoms with Gasteiger partial charge in [-0.3, -0.25) is 9.69 Å². The fraction of sp³-hybridized carbons (Fsp3) is 0.381. The van der Waals surface area contributed by atoms with Gasteiger partial charge in [-0.2, -0.15) is 0 Å². The number of hydrogen-bond donors (Lipinski definition) is 3. The van der Waals surface area contributed by atoms with Crippen LogP contribution in [0.25, 0.3) is 0 Å². The van der Waals surface area contributed by atoms with Crippen LogP contribution in [-0.4, -0.2) is 35.1 Å². The lowest BCUT2D eigenvalue weighted by Crippen LogP contribution is -2.35. The minimum atomic E-state index is -0.161. The Morgan fingerprint density at radius 3 is 2.33 bits per heavy atom.